The highest BCUT2D eigenvalue weighted by atomic mass is 35.5. The number of hydrogen-bond acceptors (Lipinski definition) is 7. The Morgan fingerprint density at radius 3 is 2.60 bits per heavy atom. The lowest BCUT2D eigenvalue weighted by Gasteiger charge is -2.31. The normalized spacial score (nSPS) is 16.5. The van der Waals surface area contributed by atoms with Gasteiger partial charge in [-0.15, -0.1) is 0 Å². The van der Waals surface area contributed by atoms with Crippen LogP contribution in [0, 0.1) is 0 Å². The van der Waals surface area contributed by atoms with Gasteiger partial charge in [-0.05, 0) is 36.1 Å². The molecule has 1 amide bonds. The highest BCUT2D eigenvalue weighted by molar-refractivity contribution is 7.88. The van der Waals surface area contributed by atoms with Crippen molar-refractivity contribution < 1.29 is 13.2 Å². The molecule has 0 radical (unpaired) electrons. The molecule has 0 spiro atoms. The molecule has 9 nitrogen and oxygen atoms in total. The fourth-order valence-corrected chi connectivity index (χ4v) is 5.00. The third-order valence-corrected chi connectivity index (χ3v) is 7.17. The van der Waals surface area contributed by atoms with Gasteiger partial charge in [0, 0.05) is 26.1 Å². The molecule has 2 aromatic carbocycles. The van der Waals surface area contributed by atoms with Gasteiger partial charge in [-0.1, -0.05) is 48.0 Å². The zero-order valence-corrected chi connectivity index (χ0v) is 21.0. The van der Waals surface area contributed by atoms with E-state index in [9.17, 15) is 13.2 Å². The second-order valence-electron chi connectivity index (χ2n) is 8.43. The first-order valence-corrected chi connectivity index (χ1v) is 13.4. The van der Waals surface area contributed by atoms with Crippen LogP contribution >= 0.6 is 11.6 Å². The number of carbonyl (C=O) groups excluding carboxylic acids is 1. The average molecular weight is 515 g/mol. The number of hydrogen-bond donors (Lipinski definition) is 3. The zero-order chi connectivity index (χ0) is 25.0. The van der Waals surface area contributed by atoms with Crippen LogP contribution in [-0.2, 0) is 14.8 Å². The van der Waals surface area contributed by atoms with E-state index in [1.54, 1.807) is 0 Å². The topological polar surface area (TPSA) is 116 Å². The third kappa shape index (κ3) is 6.47. The maximum atomic E-state index is 11.9. The molecule has 4 rings (SSSR count). The number of halogens is 1. The standard InChI is InChI=1S/C24H27ClN6O3S/c1-16(32)27-22-13-18(17-7-4-3-5-8-17)10-11-21(22)29-23-20(25)14-26-24(30-23)28-19-9-6-12-31(15-19)35(2,33)34/h3-5,7-8,10-11,13-14,19H,6,9,12,15H2,1-2H3,(H,27,32)(H2,26,28,29,30)/t19-/m0/s1. The highest BCUT2D eigenvalue weighted by Gasteiger charge is 2.26. The Labute approximate surface area is 210 Å². The van der Waals surface area contributed by atoms with E-state index in [1.807, 2.05) is 48.5 Å². The largest absolute Gasteiger partial charge is 0.350 e. The third-order valence-electron chi connectivity index (χ3n) is 5.62. The van der Waals surface area contributed by atoms with Crippen LogP contribution in [0.4, 0.5) is 23.1 Å². The van der Waals surface area contributed by atoms with E-state index in [4.69, 9.17) is 11.6 Å². The van der Waals surface area contributed by atoms with Crippen molar-refractivity contribution in [2.45, 2.75) is 25.8 Å². The number of nitrogens with one attached hydrogen (secondary N) is 3. The molecule has 184 valence electrons. The van der Waals surface area contributed by atoms with E-state index in [0.717, 1.165) is 24.0 Å². The van der Waals surface area contributed by atoms with Crippen LogP contribution in [-0.4, -0.2) is 54.0 Å². The van der Waals surface area contributed by atoms with Crippen LogP contribution in [0.5, 0.6) is 0 Å². The number of piperidine rings is 1. The first-order chi connectivity index (χ1) is 16.7. The summed E-state index contributed by atoms with van der Waals surface area (Å²) in [5.41, 5.74) is 3.17. The van der Waals surface area contributed by atoms with Gasteiger partial charge in [0.05, 0.1) is 23.8 Å². The lowest BCUT2D eigenvalue weighted by Crippen LogP contribution is -2.44. The zero-order valence-electron chi connectivity index (χ0n) is 19.5. The molecule has 0 bridgehead atoms. The summed E-state index contributed by atoms with van der Waals surface area (Å²) >= 11 is 6.37. The van der Waals surface area contributed by atoms with Crippen molar-refractivity contribution in [1.82, 2.24) is 14.3 Å². The quantitative estimate of drug-likeness (QED) is 0.429. The molecule has 0 saturated carbocycles. The van der Waals surface area contributed by atoms with Crippen molar-refractivity contribution in [1.29, 1.82) is 0 Å². The van der Waals surface area contributed by atoms with Crippen molar-refractivity contribution in [3.05, 3.63) is 59.8 Å². The molecule has 1 aromatic heterocycles. The molecule has 2 heterocycles. The summed E-state index contributed by atoms with van der Waals surface area (Å²) in [4.78, 5) is 20.6. The predicted molar refractivity (Wildman–Crippen MR) is 140 cm³/mol. The molecular formula is C24H27ClN6O3S. The maximum Gasteiger partial charge on any atom is 0.224 e. The van der Waals surface area contributed by atoms with Crippen LogP contribution < -0.4 is 16.0 Å². The van der Waals surface area contributed by atoms with E-state index >= 15 is 0 Å². The fraction of sp³-hybridized carbons (Fsp3) is 0.292. The van der Waals surface area contributed by atoms with Crippen molar-refractivity contribution in [2.24, 2.45) is 0 Å². The van der Waals surface area contributed by atoms with Gasteiger partial charge >= 0.3 is 0 Å². The van der Waals surface area contributed by atoms with Gasteiger partial charge in [-0.25, -0.2) is 17.7 Å². The minimum absolute atomic E-state index is 0.118. The Kier molecular flexibility index (Phi) is 7.54. The number of rotatable bonds is 7. The van der Waals surface area contributed by atoms with Crippen LogP contribution in [0.25, 0.3) is 11.1 Å². The van der Waals surface area contributed by atoms with E-state index in [-0.39, 0.29) is 11.9 Å². The Bertz CT molecular complexity index is 1320. The lowest BCUT2D eigenvalue weighted by atomic mass is 10.0. The Hall–Kier alpha value is -3.21. The van der Waals surface area contributed by atoms with Crippen molar-refractivity contribution in [3.63, 3.8) is 0 Å². The van der Waals surface area contributed by atoms with Gasteiger partial charge in [0.25, 0.3) is 0 Å². The summed E-state index contributed by atoms with van der Waals surface area (Å²) < 4.78 is 25.3. The van der Waals surface area contributed by atoms with E-state index in [2.05, 4.69) is 25.9 Å². The Balaban J connectivity index is 1.57. The van der Waals surface area contributed by atoms with Gasteiger partial charge in [-0.3, -0.25) is 4.79 Å². The molecule has 11 heteroatoms. The Morgan fingerprint density at radius 1 is 1.11 bits per heavy atom. The van der Waals surface area contributed by atoms with Gasteiger partial charge in [0.15, 0.2) is 5.82 Å². The molecule has 35 heavy (non-hydrogen) atoms. The van der Waals surface area contributed by atoms with Gasteiger partial charge in [0.1, 0.15) is 5.02 Å². The molecule has 1 atom stereocenters. The van der Waals surface area contributed by atoms with Crippen LogP contribution in [0.2, 0.25) is 5.02 Å². The maximum absolute atomic E-state index is 11.9. The minimum Gasteiger partial charge on any atom is -0.350 e. The summed E-state index contributed by atoms with van der Waals surface area (Å²) in [6, 6.07) is 15.4. The highest BCUT2D eigenvalue weighted by Crippen LogP contribution is 2.33. The summed E-state index contributed by atoms with van der Waals surface area (Å²) in [6.45, 7) is 2.31. The monoisotopic (exact) mass is 514 g/mol. The predicted octanol–water partition coefficient (Wildman–Crippen LogP) is 4.33. The van der Waals surface area contributed by atoms with E-state index in [1.165, 1.54) is 23.7 Å². The number of nitrogens with zero attached hydrogens (tertiary/aromatic N) is 3. The first-order valence-electron chi connectivity index (χ1n) is 11.2. The number of sulfonamides is 1. The summed E-state index contributed by atoms with van der Waals surface area (Å²) in [5.74, 6) is 0.486. The van der Waals surface area contributed by atoms with Crippen molar-refractivity contribution in [2.75, 3.05) is 35.3 Å². The average Bonchev–Trinajstić information content (AvgIpc) is 2.82. The SMILES string of the molecule is CC(=O)Nc1cc(-c2ccccc2)ccc1Nc1nc(N[C@H]2CCCN(S(C)(=O)=O)C2)ncc1Cl. The summed E-state index contributed by atoms with van der Waals surface area (Å²) in [6.07, 6.45) is 4.24. The van der Waals surface area contributed by atoms with Crippen LogP contribution in [0.3, 0.4) is 0 Å². The molecule has 1 aliphatic rings. The van der Waals surface area contributed by atoms with Crippen molar-refractivity contribution in [3.8, 4) is 11.1 Å². The fourth-order valence-electron chi connectivity index (χ4n) is 3.95. The minimum atomic E-state index is -3.26. The van der Waals surface area contributed by atoms with Crippen molar-refractivity contribution >= 4 is 50.7 Å². The van der Waals surface area contributed by atoms with Gasteiger partial charge in [-0.2, -0.15) is 4.98 Å². The molecule has 0 aliphatic carbocycles. The second kappa shape index (κ2) is 10.6. The number of anilines is 4. The van der Waals surface area contributed by atoms with Crippen LogP contribution in [0.15, 0.2) is 54.7 Å². The lowest BCUT2D eigenvalue weighted by molar-refractivity contribution is -0.114. The van der Waals surface area contributed by atoms with E-state index in [0.29, 0.717) is 41.3 Å². The molecule has 0 unspecified atom stereocenters. The molecule has 3 N–H and O–H groups in total. The number of benzene rings is 2. The molecule has 1 fully saturated rings. The van der Waals surface area contributed by atoms with Gasteiger partial charge < -0.3 is 16.0 Å². The smallest absolute Gasteiger partial charge is 0.224 e. The molecule has 1 aliphatic heterocycles. The number of amides is 1. The molecule has 3 aromatic rings. The first kappa shape index (κ1) is 24.9. The number of carbonyl (C=O) groups is 1. The molecule has 1 saturated heterocycles. The number of aromatic nitrogens is 2. The molecular weight excluding hydrogens is 488 g/mol. The van der Waals surface area contributed by atoms with Gasteiger partial charge in [0.2, 0.25) is 21.9 Å². The summed E-state index contributed by atoms with van der Waals surface area (Å²) in [7, 11) is -3.26. The Morgan fingerprint density at radius 2 is 1.89 bits per heavy atom. The summed E-state index contributed by atoms with van der Waals surface area (Å²) in [5, 5.41) is 9.57. The van der Waals surface area contributed by atoms with Crippen LogP contribution in [0.1, 0.15) is 19.8 Å². The second-order valence-corrected chi connectivity index (χ2v) is 10.8. The van der Waals surface area contributed by atoms with E-state index < -0.39 is 10.0 Å².